The maximum atomic E-state index is 12.7. The number of halogens is 3. The first-order chi connectivity index (χ1) is 9.54. The zero-order valence-corrected chi connectivity index (χ0v) is 11.0. The Morgan fingerprint density at radius 3 is 2.80 bits per heavy atom. The predicted molar refractivity (Wildman–Crippen MR) is 68.4 cm³/mol. The van der Waals surface area contributed by atoms with Gasteiger partial charge in [-0.25, -0.2) is 9.97 Å². The third-order valence-corrected chi connectivity index (χ3v) is 3.79. The predicted octanol–water partition coefficient (Wildman–Crippen LogP) is 2.22. The van der Waals surface area contributed by atoms with Crippen LogP contribution in [0.5, 0.6) is 0 Å². The fraction of sp³-hybridized carbons (Fsp3) is 0.692. The Kier molecular flexibility index (Phi) is 3.54. The summed E-state index contributed by atoms with van der Waals surface area (Å²) in [4.78, 5) is 9.59. The number of hydrogen-bond donors (Lipinski definition) is 1. The Morgan fingerprint density at radius 2 is 2.10 bits per heavy atom. The van der Waals surface area contributed by atoms with Gasteiger partial charge in [0.05, 0.1) is 0 Å². The zero-order chi connectivity index (χ0) is 14.2. The third kappa shape index (κ3) is 3.03. The maximum absolute atomic E-state index is 12.7. The Bertz CT molecular complexity index is 473. The molecular weight excluding hydrogens is 269 g/mol. The molecule has 1 N–H and O–H groups in total. The molecule has 1 saturated carbocycles. The highest BCUT2D eigenvalue weighted by Gasteiger charge is 2.35. The van der Waals surface area contributed by atoms with Crippen LogP contribution in [-0.2, 0) is 6.18 Å². The van der Waals surface area contributed by atoms with E-state index in [1.807, 2.05) is 4.90 Å². The lowest BCUT2D eigenvalue weighted by molar-refractivity contribution is -0.141. The van der Waals surface area contributed by atoms with Gasteiger partial charge in [0.25, 0.3) is 0 Å². The molecule has 1 aliphatic heterocycles. The van der Waals surface area contributed by atoms with Crippen LogP contribution < -0.4 is 10.2 Å². The van der Waals surface area contributed by atoms with Crippen LogP contribution in [0.1, 0.15) is 31.4 Å². The minimum Gasteiger partial charge on any atom is -0.337 e. The summed E-state index contributed by atoms with van der Waals surface area (Å²) in [6.07, 6.45) is 1.11. The van der Waals surface area contributed by atoms with Gasteiger partial charge in [-0.2, -0.15) is 13.2 Å². The van der Waals surface area contributed by atoms with E-state index in [2.05, 4.69) is 15.3 Å². The summed E-state index contributed by atoms with van der Waals surface area (Å²) in [6, 6.07) is 1.70. The number of aromatic nitrogens is 2. The molecule has 7 heteroatoms. The number of nitrogens with zero attached hydrogens (tertiary/aromatic N) is 3. The van der Waals surface area contributed by atoms with E-state index in [9.17, 15) is 13.2 Å². The number of hydrogen-bond acceptors (Lipinski definition) is 4. The van der Waals surface area contributed by atoms with E-state index in [-0.39, 0.29) is 12.0 Å². The van der Waals surface area contributed by atoms with Crippen LogP contribution in [0.4, 0.5) is 19.1 Å². The molecule has 1 aromatic heterocycles. The van der Waals surface area contributed by atoms with Crippen LogP contribution in [0.2, 0.25) is 0 Å². The minimum atomic E-state index is -4.42. The second-order valence-electron chi connectivity index (χ2n) is 5.41. The summed E-state index contributed by atoms with van der Waals surface area (Å²) in [5.41, 5.74) is -0.872. The van der Waals surface area contributed by atoms with Gasteiger partial charge < -0.3 is 10.2 Å². The molecule has 1 saturated heterocycles. The van der Waals surface area contributed by atoms with Crippen molar-refractivity contribution in [2.24, 2.45) is 0 Å². The summed E-state index contributed by atoms with van der Waals surface area (Å²) in [5.74, 6) is 0.194. The van der Waals surface area contributed by atoms with Crippen molar-refractivity contribution >= 4 is 5.95 Å². The van der Waals surface area contributed by atoms with E-state index >= 15 is 0 Å². The molecule has 0 spiro atoms. The van der Waals surface area contributed by atoms with E-state index < -0.39 is 11.9 Å². The van der Waals surface area contributed by atoms with Crippen LogP contribution in [-0.4, -0.2) is 35.1 Å². The van der Waals surface area contributed by atoms with Crippen molar-refractivity contribution in [3.63, 3.8) is 0 Å². The fourth-order valence-electron chi connectivity index (χ4n) is 2.55. The summed E-state index contributed by atoms with van der Waals surface area (Å²) in [6.45, 7) is 1.52. The molecule has 0 amide bonds. The standard InChI is InChI=1S/C13H17F3N4/c14-13(15,16)11-5-6-17-12(19-11)20-7-1-2-10(20)8-18-9-3-4-9/h5-6,9-10,18H,1-4,7-8H2. The number of anilines is 1. The van der Waals surface area contributed by atoms with Crippen molar-refractivity contribution in [3.05, 3.63) is 18.0 Å². The largest absolute Gasteiger partial charge is 0.433 e. The second kappa shape index (κ2) is 5.20. The van der Waals surface area contributed by atoms with Gasteiger partial charge in [-0.1, -0.05) is 0 Å². The molecule has 0 aromatic carbocycles. The van der Waals surface area contributed by atoms with Gasteiger partial charge in [-0.05, 0) is 31.7 Å². The SMILES string of the molecule is FC(F)(F)c1ccnc(N2CCCC2CNC2CC2)n1. The molecule has 2 fully saturated rings. The Morgan fingerprint density at radius 1 is 1.30 bits per heavy atom. The first-order valence-corrected chi connectivity index (χ1v) is 6.94. The fourth-order valence-corrected chi connectivity index (χ4v) is 2.55. The van der Waals surface area contributed by atoms with Crippen LogP contribution >= 0.6 is 0 Å². The number of alkyl halides is 3. The van der Waals surface area contributed by atoms with Crippen molar-refractivity contribution in [2.45, 2.75) is 43.9 Å². The topological polar surface area (TPSA) is 41.1 Å². The van der Waals surface area contributed by atoms with E-state index in [4.69, 9.17) is 0 Å². The van der Waals surface area contributed by atoms with Gasteiger partial charge in [0.2, 0.25) is 5.95 Å². The second-order valence-corrected chi connectivity index (χ2v) is 5.41. The highest BCUT2D eigenvalue weighted by molar-refractivity contribution is 5.34. The van der Waals surface area contributed by atoms with Gasteiger partial charge >= 0.3 is 6.18 Å². The van der Waals surface area contributed by atoms with E-state index in [0.717, 1.165) is 32.0 Å². The highest BCUT2D eigenvalue weighted by atomic mass is 19.4. The zero-order valence-electron chi connectivity index (χ0n) is 11.0. The van der Waals surface area contributed by atoms with Gasteiger partial charge in [-0.3, -0.25) is 0 Å². The summed E-state index contributed by atoms with van der Waals surface area (Å²) in [5, 5.41) is 3.42. The quantitative estimate of drug-likeness (QED) is 0.921. The van der Waals surface area contributed by atoms with E-state index in [0.29, 0.717) is 6.04 Å². The molecule has 2 heterocycles. The highest BCUT2D eigenvalue weighted by Crippen LogP contribution is 2.30. The lowest BCUT2D eigenvalue weighted by Gasteiger charge is -2.25. The molecule has 1 aromatic rings. The van der Waals surface area contributed by atoms with Gasteiger partial charge in [-0.15, -0.1) is 0 Å². The first-order valence-electron chi connectivity index (χ1n) is 6.94. The maximum Gasteiger partial charge on any atom is 0.433 e. The van der Waals surface area contributed by atoms with Gasteiger partial charge in [0.1, 0.15) is 5.69 Å². The molecule has 1 aliphatic carbocycles. The molecule has 20 heavy (non-hydrogen) atoms. The average Bonchev–Trinajstić information content (AvgIpc) is 3.12. The molecule has 1 atom stereocenters. The third-order valence-electron chi connectivity index (χ3n) is 3.79. The molecule has 3 rings (SSSR count). The lowest BCUT2D eigenvalue weighted by atomic mass is 10.2. The summed E-state index contributed by atoms with van der Waals surface area (Å²) in [7, 11) is 0. The number of rotatable bonds is 4. The normalized spacial score (nSPS) is 23.4. The molecular formula is C13H17F3N4. The van der Waals surface area contributed by atoms with Crippen molar-refractivity contribution in [3.8, 4) is 0 Å². The average molecular weight is 286 g/mol. The molecule has 1 unspecified atom stereocenters. The molecule has 2 aliphatic rings. The molecule has 0 bridgehead atoms. The van der Waals surface area contributed by atoms with Crippen molar-refractivity contribution < 1.29 is 13.2 Å². The monoisotopic (exact) mass is 286 g/mol. The smallest absolute Gasteiger partial charge is 0.337 e. The molecule has 0 radical (unpaired) electrons. The van der Waals surface area contributed by atoms with Crippen LogP contribution in [0.3, 0.4) is 0 Å². The first kappa shape index (κ1) is 13.6. The molecule has 110 valence electrons. The van der Waals surface area contributed by atoms with Crippen molar-refractivity contribution in [1.82, 2.24) is 15.3 Å². The Labute approximate surface area is 115 Å². The van der Waals surface area contributed by atoms with Crippen molar-refractivity contribution in [1.29, 1.82) is 0 Å². The van der Waals surface area contributed by atoms with Crippen LogP contribution in [0, 0.1) is 0 Å². The van der Waals surface area contributed by atoms with Crippen LogP contribution in [0.25, 0.3) is 0 Å². The number of nitrogens with one attached hydrogen (secondary N) is 1. The Hall–Kier alpha value is -1.37. The van der Waals surface area contributed by atoms with E-state index in [1.165, 1.54) is 19.0 Å². The summed E-state index contributed by atoms with van der Waals surface area (Å²) < 4.78 is 38.1. The van der Waals surface area contributed by atoms with Crippen molar-refractivity contribution in [2.75, 3.05) is 18.0 Å². The van der Waals surface area contributed by atoms with Gasteiger partial charge in [0.15, 0.2) is 0 Å². The van der Waals surface area contributed by atoms with E-state index in [1.54, 1.807) is 0 Å². The Balaban J connectivity index is 1.73. The summed E-state index contributed by atoms with van der Waals surface area (Å²) >= 11 is 0. The van der Waals surface area contributed by atoms with Gasteiger partial charge in [0, 0.05) is 31.4 Å². The lowest BCUT2D eigenvalue weighted by Crippen LogP contribution is -2.39. The van der Waals surface area contributed by atoms with Crippen LogP contribution in [0.15, 0.2) is 12.3 Å². The minimum absolute atomic E-state index is 0.194. The molecule has 4 nitrogen and oxygen atoms in total.